The average Bonchev–Trinajstić information content (AvgIpc) is 3.27. The largest absolute Gasteiger partial charge is 0.494 e. The molecule has 2 aliphatic rings. The van der Waals surface area contributed by atoms with Gasteiger partial charge in [-0.05, 0) is 31.2 Å². The maximum atomic E-state index is 11.7. The number of rotatable bonds is 5. The number of hydrogen-bond acceptors (Lipinski definition) is 9. The molecule has 2 unspecified atom stereocenters. The number of benzene rings is 1. The Kier molecular flexibility index (Phi) is 4.82. The van der Waals surface area contributed by atoms with Gasteiger partial charge in [0.1, 0.15) is 11.3 Å². The third kappa shape index (κ3) is 2.98. The van der Waals surface area contributed by atoms with Crippen molar-refractivity contribution < 1.29 is 38.9 Å². The van der Waals surface area contributed by atoms with E-state index in [2.05, 4.69) is 15.9 Å². The van der Waals surface area contributed by atoms with E-state index in [-0.39, 0.29) is 16.8 Å². The minimum Gasteiger partial charge on any atom is -0.494 e. The molecule has 2 aromatic rings. The molecule has 4 rings (SSSR count). The Morgan fingerprint density at radius 2 is 1.75 bits per heavy atom. The van der Waals surface area contributed by atoms with Gasteiger partial charge in [-0.15, -0.1) is 0 Å². The molecular formula is C20H17BrN2O9. The number of carbonyl (C=O) groups excluding carboxylic acids is 2. The molecule has 0 amide bonds. The van der Waals surface area contributed by atoms with Crippen molar-refractivity contribution in [2.45, 2.75) is 38.3 Å². The highest BCUT2D eigenvalue weighted by atomic mass is 79.9. The Balaban J connectivity index is 1.98. The number of aromatic hydroxyl groups is 2. The number of ether oxygens (including phenoxy) is 3. The van der Waals surface area contributed by atoms with Gasteiger partial charge in [-0.25, -0.2) is 4.57 Å². The molecule has 0 aliphatic carbocycles. The molecule has 2 bridgehead atoms. The number of carbonyl (C=O) groups is 2. The molecule has 12 heteroatoms. The highest BCUT2D eigenvalue weighted by Crippen LogP contribution is 2.63. The first-order valence-electron chi connectivity index (χ1n) is 9.28. The lowest BCUT2D eigenvalue weighted by Crippen LogP contribution is -2.43. The molecule has 0 saturated carbocycles. The monoisotopic (exact) mass is 508 g/mol. The van der Waals surface area contributed by atoms with Crippen LogP contribution in [0.2, 0.25) is 0 Å². The summed E-state index contributed by atoms with van der Waals surface area (Å²) in [5.74, 6) is -2.67. The molecule has 32 heavy (non-hydrogen) atoms. The molecule has 1 aromatic carbocycles. The predicted molar refractivity (Wildman–Crippen MR) is 110 cm³/mol. The van der Waals surface area contributed by atoms with Gasteiger partial charge in [-0.1, -0.05) is 15.9 Å². The molecule has 2 aliphatic heterocycles. The molecule has 0 spiro atoms. The summed E-state index contributed by atoms with van der Waals surface area (Å²) in [6.07, 6.45) is 1.37. The number of nitrogens with zero attached hydrogens (tertiary/aromatic N) is 2. The molecule has 11 nitrogen and oxygen atoms in total. The van der Waals surface area contributed by atoms with E-state index < -0.39 is 51.8 Å². The fraction of sp³-hybridized carbons (Fsp3) is 0.300. The van der Waals surface area contributed by atoms with Crippen LogP contribution < -0.4 is 0 Å². The quantitative estimate of drug-likeness (QED) is 0.204. The topological polar surface area (TPSA) is 150 Å². The number of esters is 2. The van der Waals surface area contributed by atoms with E-state index in [4.69, 9.17) is 14.2 Å². The summed E-state index contributed by atoms with van der Waals surface area (Å²) in [7, 11) is 0. The molecule has 2 atom stereocenters. The minimum atomic E-state index is -1.78. The number of fused-ring (bicyclic) bond motifs is 5. The second kappa shape index (κ2) is 7.07. The molecule has 2 N–H and O–H groups in total. The highest BCUT2D eigenvalue weighted by Gasteiger charge is 2.64. The zero-order valence-electron chi connectivity index (χ0n) is 17.0. The second-order valence-electron chi connectivity index (χ2n) is 7.51. The fourth-order valence-electron chi connectivity index (χ4n) is 4.16. The Bertz CT molecular complexity index is 1200. The second-order valence-corrected chi connectivity index (χ2v) is 8.42. The van der Waals surface area contributed by atoms with Crippen LogP contribution in [-0.2, 0) is 35.0 Å². The molecule has 1 aromatic heterocycles. The van der Waals surface area contributed by atoms with Gasteiger partial charge in [0.2, 0.25) is 11.8 Å². The van der Waals surface area contributed by atoms with Gasteiger partial charge in [0, 0.05) is 24.4 Å². The van der Waals surface area contributed by atoms with E-state index in [0.717, 1.165) is 18.4 Å². The van der Waals surface area contributed by atoms with Crippen molar-refractivity contribution in [2.75, 3.05) is 0 Å². The standard InChI is InChI=1S/C20H17BrN2O9/c1-9(24)30-18(31-10(2)25)20-7-6-19(3,32-20)14-15(20)17(27)22(16(14)26)12-5-4-11(21)8-13(12)23(28)29/h4-8,18,26-27H,1-3H3. The summed E-state index contributed by atoms with van der Waals surface area (Å²) >= 11 is 3.16. The van der Waals surface area contributed by atoms with Crippen LogP contribution in [0, 0.1) is 10.1 Å². The van der Waals surface area contributed by atoms with Crippen molar-refractivity contribution in [1.29, 1.82) is 0 Å². The number of hydrogen-bond donors (Lipinski definition) is 2. The number of nitro benzene ring substituents is 1. The van der Waals surface area contributed by atoms with Crippen molar-refractivity contribution in [2.24, 2.45) is 0 Å². The Labute approximate surface area is 189 Å². The van der Waals surface area contributed by atoms with E-state index in [1.165, 1.54) is 24.3 Å². The Morgan fingerprint density at radius 3 is 2.31 bits per heavy atom. The summed E-state index contributed by atoms with van der Waals surface area (Å²) in [5, 5.41) is 33.8. The van der Waals surface area contributed by atoms with Crippen LogP contribution >= 0.6 is 15.9 Å². The van der Waals surface area contributed by atoms with E-state index in [9.17, 15) is 29.9 Å². The van der Waals surface area contributed by atoms with Gasteiger partial charge in [0.15, 0.2) is 5.60 Å². The zero-order chi connectivity index (χ0) is 23.6. The molecule has 3 heterocycles. The van der Waals surface area contributed by atoms with Crippen LogP contribution in [0.25, 0.3) is 5.69 Å². The van der Waals surface area contributed by atoms with Crippen LogP contribution in [0.5, 0.6) is 11.8 Å². The first kappa shape index (κ1) is 21.8. The maximum Gasteiger partial charge on any atom is 0.305 e. The SMILES string of the molecule is CC(=O)OC(OC(C)=O)C12C=CC(C)(O1)c1c2c(O)n(-c2ccc(Br)cc2[N+](=O)[O-])c1O. The summed E-state index contributed by atoms with van der Waals surface area (Å²) in [6.45, 7) is 3.79. The third-order valence-corrected chi connectivity index (χ3v) is 5.80. The molecular weight excluding hydrogens is 492 g/mol. The van der Waals surface area contributed by atoms with Crippen molar-refractivity contribution in [3.05, 3.63) is 56.1 Å². The van der Waals surface area contributed by atoms with Crippen LogP contribution in [0.3, 0.4) is 0 Å². The van der Waals surface area contributed by atoms with Crippen LogP contribution in [0.1, 0.15) is 31.9 Å². The number of aromatic nitrogens is 1. The fourth-order valence-corrected chi connectivity index (χ4v) is 4.51. The summed E-state index contributed by atoms with van der Waals surface area (Å²) in [6, 6.07) is 4.08. The molecule has 168 valence electrons. The summed E-state index contributed by atoms with van der Waals surface area (Å²) in [5.41, 5.74) is -3.53. The lowest BCUT2D eigenvalue weighted by atomic mass is 9.84. The molecule has 0 fully saturated rings. The van der Waals surface area contributed by atoms with Crippen LogP contribution in [0.15, 0.2) is 34.8 Å². The average molecular weight is 509 g/mol. The number of nitro groups is 1. The molecule has 0 saturated heterocycles. The van der Waals surface area contributed by atoms with Gasteiger partial charge in [0.25, 0.3) is 12.0 Å². The van der Waals surface area contributed by atoms with Crippen LogP contribution in [0.4, 0.5) is 5.69 Å². The first-order chi connectivity index (χ1) is 14.9. The smallest absolute Gasteiger partial charge is 0.305 e. The van der Waals surface area contributed by atoms with Crippen molar-refractivity contribution in [3.63, 3.8) is 0 Å². The lowest BCUT2D eigenvalue weighted by Gasteiger charge is -2.32. The summed E-state index contributed by atoms with van der Waals surface area (Å²) < 4.78 is 17.7. The Morgan fingerprint density at radius 1 is 1.16 bits per heavy atom. The number of halogens is 1. The van der Waals surface area contributed by atoms with E-state index in [0.29, 0.717) is 4.47 Å². The third-order valence-electron chi connectivity index (χ3n) is 5.31. The lowest BCUT2D eigenvalue weighted by molar-refractivity contribution is -0.384. The van der Waals surface area contributed by atoms with Crippen molar-refractivity contribution in [3.8, 4) is 17.4 Å². The minimum absolute atomic E-state index is 0.0373. The normalized spacial score (nSPS) is 22.8. The maximum absolute atomic E-state index is 11.7. The zero-order valence-corrected chi connectivity index (χ0v) is 18.6. The van der Waals surface area contributed by atoms with Gasteiger partial charge in [0.05, 0.1) is 16.1 Å². The van der Waals surface area contributed by atoms with E-state index in [1.807, 2.05) is 0 Å². The van der Waals surface area contributed by atoms with Crippen LogP contribution in [-0.4, -0.2) is 37.9 Å². The van der Waals surface area contributed by atoms with E-state index in [1.54, 1.807) is 13.0 Å². The Hall–Kier alpha value is -3.38. The first-order valence-corrected chi connectivity index (χ1v) is 10.1. The van der Waals surface area contributed by atoms with Crippen molar-refractivity contribution >= 4 is 33.6 Å². The van der Waals surface area contributed by atoms with E-state index >= 15 is 0 Å². The highest BCUT2D eigenvalue weighted by molar-refractivity contribution is 9.10. The van der Waals surface area contributed by atoms with Gasteiger partial charge >= 0.3 is 11.9 Å². The molecule has 0 radical (unpaired) electrons. The van der Waals surface area contributed by atoms with Gasteiger partial charge < -0.3 is 24.4 Å². The van der Waals surface area contributed by atoms with Gasteiger partial charge in [-0.3, -0.25) is 19.7 Å². The summed E-state index contributed by atoms with van der Waals surface area (Å²) in [4.78, 5) is 34.4. The van der Waals surface area contributed by atoms with Crippen molar-refractivity contribution in [1.82, 2.24) is 4.57 Å². The van der Waals surface area contributed by atoms with Gasteiger partial charge in [-0.2, -0.15) is 0 Å². The predicted octanol–water partition coefficient (Wildman–Crippen LogP) is 3.02.